The smallest absolute Gasteiger partial charge is 0.228 e. The maximum atomic E-state index is 11.0. The third-order valence-corrected chi connectivity index (χ3v) is 5.27. The summed E-state index contributed by atoms with van der Waals surface area (Å²) in [5.41, 5.74) is 4.31. The van der Waals surface area contributed by atoms with Crippen molar-refractivity contribution in [2.45, 2.75) is 6.92 Å². The van der Waals surface area contributed by atoms with Gasteiger partial charge in [0.25, 0.3) is 0 Å². The fourth-order valence-electron chi connectivity index (χ4n) is 4.00. The molecule has 5 rings (SSSR count). The summed E-state index contributed by atoms with van der Waals surface area (Å²) < 4.78 is 8.44. The molecule has 29 heavy (non-hydrogen) atoms. The number of nitrogens with one attached hydrogen (secondary N) is 1. The van der Waals surface area contributed by atoms with Gasteiger partial charge in [0.05, 0.1) is 22.9 Å². The average Bonchev–Trinajstić information content (AvgIpc) is 2.73. The van der Waals surface area contributed by atoms with Gasteiger partial charge in [-0.3, -0.25) is 4.79 Å². The minimum atomic E-state index is -0.0781. The number of amides is 1. The second kappa shape index (κ2) is 6.65. The van der Waals surface area contributed by atoms with Crippen LogP contribution in [0.4, 0.5) is 0 Å². The van der Waals surface area contributed by atoms with E-state index in [1.807, 2.05) is 36.4 Å². The SMILES string of the molecule is CC(=O)NCC#Cc1ccc2c(c1)c1cccc3c1c([n+]2C)-c1ccccc1O3. The molecule has 0 bridgehead atoms. The molecule has 0 unspecified atom stereocenters. The Morgan fingerprint density at radius 1 is 1.03 bits per heavy atom. The monoisotopic (exact) mass is 379 g/mol. The average molecular weight is 379 g/mol. The van der Waals surface area contributed by atoms with Gasteiger partial charge in [0.1, 0.15) is 18.5 Å². The fourth-order valence-corrected chi connectivity index (χ4v) is 4.00. The summed E-state index contributed by atoms with van der Waals surface area (Å²) in [6.07, 6.45) is 0. The van der Waals surface area contributed by atoms with Crippen molar-refractivity contribution >= 4 is 27.6 Å². The largest absolute Gasteiger partial charge is 0.456 e. The van der Waals surface area contributed by atoms with Crippen LogP contribution in [-0.4, -0.2) is 12.5 Å². The van der Waals surface area contributed by atoms with Crippen molar-refractivity contribution in [2.24, 2.45) is 7.05 Å². The summed E-state index contributed by atoms with van der Waals surface area (Å²) in [5.74, 6) is 7.82. The van der Waals surface area contributed by atoms with Crippen LogP contribution in [0.2, 0.25) is 0 Å². The first-order valence-electron chi connectivity index (χ1n) is 9.52. The van der Waals surface area contributed by atoms with Gasteiger partial charge in [-0.05, 0) is 30.3 Å². The number of hydrogen-bond acceptors (Lipinski definition) is 2. The number of hydrogen-bond donors (Lipinski definition) is 1. The lowest BCUT2D eigenvalue weighted by molar-refractivity contribution is -0.632. The number of carbonyl (C=O) groups is 1. The van der Waals surface area contributed by atoms with Gasteiger partial charge >= 0.3 is 0 Å². The van der Waals surface area contributed by atoms with Crippen molar-refractivity contribution in [3.8, 4) is 34.6 Å². The summed E-state index contributed by atoms with van der Waals surface area (Å²) >= 11 is 0. The van der Waals surface area contributed by atoms with Crippen LogP contribution in [0.1, 0.15) is 12.5 Å². The highest BCUT2D eigenvalue weighted by atomic mass is 16.5. The third kappa shape index (κ3) is 2.79. The minimum absolute atomic E-state index is 0.0781. The zero-order valence-corrected chi connectivity index (χ0v) is 16.2. The first kappa shape index (κ1) is 17.3. The first-order chi connectivity index (χ1) is 14.1. The summed E-state index contributed by atoms with van der Waals surface area (Å²) in [7, 11) is 2.10. The van der Waals surface area contributed by atoms with Gasteiger partial charge in [-0.2, -0.15) is 4.57 Å². The second-order valence-corrected chi connectivity index (χ2v) is 7.13. The molecule has 0 spiro atoms. The van der Waals surface area contributed by atoms with E-state index in [0.29, 0.717) is 6.54 Å². The lowest BCUT2D eigenvalue weighted by atomic mass is 9.95. The van der Waals surface area contributed by atoms with Crippen molar-refractivity contribution in [3.05, 3.63) is 66.2 Å². The quantitative estimate of drug-likeness (QED) is 0.271. The van der Waals surface area contributed by atoms with Gasteiger partial charge in [-0.25, -0.2) is 0 Å². The number of nitrogens with zero attached hydrogens (tertiary/aromatic N) is 1. The molecule has 140 valence electrons. The molecule has 1 N–H and O–H groups in total. The normalized spacial score (nSPS) is 11.4. The highest BCUT2D eigenvalue weighted by Gasteiger charge is 2.29. The standard InChI is InChI=1S/C25H18N2O2/c1-16(28)26-14-6-7-17-12-13-21-20(15-17)18-9-5-11-23-24(18)25(27(21)2)19-8-3-4-10-22(19)29-23/h3-5,8-13,15H,14H2,1-2H3/p+1. The van der Waals surface area contributed by atoms with E-state index in [1.54, 1.807) is 0 Å². The number of rotatable bonds is 1. The van der Waals surface area contributed by atoms with E-state index in [0.717, 1.165) is 50.0 Å². The van der Waals surface area contributed by atoms with Gasteiger partial charge < -0.3 is 10.1 Å². The molecular weight excluding hydrogens is 360 g/mol. The van der Waals surface area contributed by atoms with E-state index >= 15 is 0 Å². The van der Waals surface area contributed by atoms with Crippen LogP contribution >= 0.6 is 0 Å². The van der Waals surface area contributed by atoms with E-state index in [1.165, 1.54) is 6.92 Å². The highest BCUT2D eigenvalue weighted by Crippen LogP contribution is 2.46. The predicted octanol–water partition coefficient (Wildman–Crippen LogP) is 4.08. The molecule has 0 radical (unpaired) electrons. The van der Waals surface area contributed by atoms with Crippen LogP contribution in [0.25, 0.3) is 32.9 Å². The molecule has 0 saturated heterocycles. The summed E-state index contributed by atoms with van der Waals surface area (Å²) in [6.45, 7) is 1.83. The minimum Gasteiger partial charge on any atom is -0.456 e. The number of benzene rings is 3. The van der Waals surface area contributed by atoms with Gasteiger partial charge in [-0.1, -0.05) is 36.1 Å². The van der Waals surface area contributed by atoms with E-state index < -0.39 is 0 Å². The second-order valence-electron chi connectivity index (χ2n) is 7.13. The van der Waals surface area contributed by atoms with Crippen LogP contribution in [0.3, 0.4) is 0 Å². The topological polar surface area (TPSA) is 42.2 Å². The van der Waals surface area contributed by atoms with Gasteiger partial charge in [-0.15, -0.1) is 0 Å². The molecule has 1 aliphatic heterocycles. The van der Waals surface area contributed by atoms with Crippen molar-refractivity contribution in [1.29, 1.82) is 0 Å². The summed E-state index contributed by atoms with van der Waals surface area (Å²) in [4.78, 5) is 11.0. The molecule has 0 atom stereocenters. The Bertz CT molecular complexity index is 1380. The lowest BCUT2D eigenvalue weighted by Crippen LogP contribution is -2.33. The third-order valence-electron chi connectivity index (χ3n) is 5.27. The zero-order valence-electron chi connectivity index (χ0n) is 16.2. The number of para-hydroxylation sites is 1. The number of pyridine rings is 1. The summed E-state index contributed by atoms with van der Waals surface area (Å²) in [6, 6.07) is 20.6. The lowest BCUT2D eigenvalue weighted by Gasteiger charge is -2.20. The van der Waals surface area contributed by atoms with E-state index in [2.05, 4.69) is 53.0 Å². The molecule has 2 heterocycles. The molecule has 4 heteroatoms. The fraction of sp³-hybridized carbons (Fsp3) is 0.120. The molecule has 4 nitrogen and oxygen atoms in total. The first-order valence-corrected chi connectivity index (χ1v) is 9.52. The Hall–Kier alpha value is -3.84. The Morgan fingerprint density at radius 2 is 1.86 bits per heavy atom. The van der Waals surface area contributed by atoms with Crippen LogP contribution in [-0.2, 0) is 11.8 Å². The maximum Gasteiger partial charge on any atom is 0.228 e. The zero-order chi connectivity index (χ0) is 20.0. The number of carbonyl (C=O) groups excluding carboxylic acids is 1. The van der Waals surface area contributed by atoms with Crippen molar-refractivity contribution in [1.82, 2.24) is 5.32 Å². The molecule has 3 aromatic carbocycles. The predicted molar refractivity (Wildman–Crippen MR) is 114 cm³/mol. The van der Waals surface area contributed by atoms with Gasteiger partial charge in [0.15, 0.2) is 0 Å². The van der Waals surface area contributed by atoms with Crippen LogP contribution in [0.5, 0.6) is 11.5 Å². The Labute approximate surface area is 168 Å². The van der Waals surface area contributed by atoms with Crippen LogP contribution < -0.4 is 14.6 Å². The van der Waals surface area contributed by atoms with Crippen molar-refractivity contribution in [2.75, 3.05) is 6.54 Å². The molecule has 0 fully saturated rings. The molecule has 1 aliphatic rings. The molecule has 0 aliphatic carbocycles. The Balaban J connectivity index is 1.76. The van der Waals surface area contributed by atoms with Crippen LogP contribution in [0.15, 0.2) is 60.7 Å². The van der Waals surface area contributed by atoms with E-state index in [-0.39, 0.29) is 5.91 Å². The Morgan fingerprint density at radius 3 is 2.72 bits per heavy atom. The molecule has 4 aromatic rings. The van der Waals surface area contributed by atoms with E-state index in [4.69, 9.17) is 4.74 Å². The molecule has 0 saturated carbocycles. The van der Waals surface area contributed by atoms with Gasteiger partial charge in [0, 0.05) is 23.9 Å². The van der Waals surface area contributed by atoms with Crippen molar-refractivity contribution in [3.63, 3.8) is 0 Å². The number of ether oxygens (including phenoxy) is 1. The molecular formula is C25H19N2O2+. The molecule has 1 aromatic heterocycles. The Kier molecular flexibility index (Phi) is 3.96. The maximum absolute atomic E-state index is 11.0. The highest BCUT2D eigenvalue weighted by molar-refractivity contribution is 6.12. The van der Waals surface area contributed by atoms with Crippen LogP contribution in [0, 0.1) is 11.8 Å². The van der Waals surface area contributed by atoms with E-state index in [9.17, 15) is 4.79 Å². The molecule has 1 amide bonds. The summed E-state index contributed by atoms with van der Waals surface area (Å²) in [5, 5.41) is 6.08. The van der Waals surface area contributed by atoms with Gasteiger partial charge in [0.2, 0.25) is 17.1 Å². The number of aryl methyl sites for hydroxylation is 1. The van der Waals surface area contributed by atoms with Crippen molar-refractivity contribution < 1.29 is 14.1 Å². The number of fused-ring (bicyclic) bond motifs is 4. The number of aromatic nitrogens is 1.